The molecule has 0 radical (unpaired) electrons. The van der Waals surface area contributed by atoms with Crippen molar-refractivity contribution in [3.63, 3.8) is 0 Å². The number of alkyl halides is 3. The van der Waals surface area contributed by atoms with Crippen molar-refractivity contribution >= 4 is 23.4 Å². The number of hydrogen-bond acceptors (Lipinski definition) is 6. The average Bonchev–Trinajstić information content (AvgIpc) is 2.53. The maximum absolute atomic E-state index is 12.7. The SMILES string of the molecule is COC(=O)c1ccc(Sc2cc(C(F)(F)F)ncc2[N+](=O)[O-])cc1. The van der Waals surface area contributed by atoms with E-state index in [1.807, 2.05) is 0 Å². The Morgan fingerprint density at radius 1 is 1.29 bits per heavy atom. The van der Waals surface area contributed by atoms with Crippen LogP contribution >= 0.6 is 11.8 Å². The second-order valence-corrected chi connectivity index (χ2v) is 5.53. The molecule has 1 aromatic carbocycles. The van der Waals surface area contributed by atoms with Crippen LogP contribution in [0, 0.1) is 10.1 Å². The van der Waals surface area contributed by atoms with Gasteiger partial charge in [-0.2, -0.15) is 13.2 Å². The summed E-state index contributed by atoms with van der Waals surface area (Å²) < 4.78 is 42.7. The van der Waals surface area contributed by atoms with Gasteiger partial charge in [-0.1, -0.05) is 11.8 Å². The third kappa shape index (κ3) is 4.02. The van der Waals surface area contributed by atoms with Gasteiger partial charge in [0.1, 0.15) is 11.9 Å². The number of carbonyl (C=O) groups is 1. The molecule has 0 aliphatic carbocycles. The van der Waals surface area contributed by atoms with E-state index in [0.29, 0.717) is 17.2 Å². The van der Waals surface area contributed by atoms with Crippen molar-refractivity contribution in [1.82, 2.24) is 4.98 Å². The van der Waals surface area contributed by atoms with Crippen molar-refractivity contribution in [2.24, 2.45) is 0 Å². The molecule has 0 fully saturated rings. The topological polar surface area (TPSA) is 82.3 Å². The second-order valence-electron chi connectivity index (χ2n) is 4.41. The van der Waals surface area contributed by atoms with E-state index >= 15 is 0 Å². The highest BCUT2D eigenvalue weighted by Crippen LogP contribution is 2.38. The molecular weight excluding hydrogens is 349 g/mol. The number of ether oxygens (including phenoxy) is 1. The molecule has 24 heavy (non-hydrogen) atoms. The summed E-state index contributed by atoms with van der Waals surface area (Å²) in [6, 6.07) is 6.34. The van der Waals surface area contributed by atoms with Crippen LogP contribution in [0.5, 0.6) is 0 Å². The molecule has 1 heterocycles. The molecule has 0 saturated heterocycles. The summed E-state index contributed by atoms with van der Waals surface area (Å²) in [5.74, 6) is -0.569. The van der Waals surface area contributed by atoms with Crippen LogP contribution in [0.4, 0.5) is 18.9 Å². The molecule has 0 saturated carbocycles. The van der Waals surface area contributed by atoms with Gasteiger partial charge in [0.25, 0.3) is 0 Å². The minimum absolute atomic E-state index is 0.201. The molecule has 0 N–H and O–H groups in total. The van der Waals surface area contributed by atoms with Gasteiger partial charge >= 0.3 is 17.8 Å². The number of nitro groups is 1. The van der Waals surface area contributed by atoms with Crippen molar-refractivity contribution in [3.05, 3.63) is 57.9 Å². The number of pyridine rings is 1. The van der Waals surface area contributed by atoms with E-state index in [2.05, 4.69) is 9.72 Å². The Labute approximate surface area is 137 Å². The lowest BCUT2D eigenvalue weighted by atomic mass is 10.2. The van der Waals surface area contributed by atoms with Crippen LogP contribution in [-0.4, -0.2) is 23.0 Å². The number of esters is 1. The number of methoxy groups -OCH3 is 1. The molecule has 0 unspecified atom stereocenters. The molecule has 0 aliphatic heterocycles. The highest BCUT2D eigenvalue weighted by Gasteiger charge is 2.34. The van der Waals surface area contributed by atoms with Gasteiger partial charge in [-0.25, -0.2) is 9.78 Å². The summed E-state index contributed by atoms with van der Waals surface area (Å²) >= 11 is 0.767. The number of nitrogens with zero attached hydrogens (tertiary/aromatic N) is 2. The second kappa shape index (κ2) is 6.87. The largest absolute Gasteiger partial charge is 0.465 e. The molecule has 6 nitrogen and oxygen atoms in total. The molecule has 126 valence electrons. The number of halogens is 3. The van der Waals surface area contributed by atoms with E-state index in [1.54, 1.807) is 0 Å². The Kier molecular flexibility index (Phi) is 5.07. The van der Waals surface area contributed by atoms with Crippen molar-refractivity contribution in [3.8, 4) is 0 Å². The zero-order valence-electron chi connectivity index (χ0n) is 12.0. The Balaban J connectivity index is 2.36. The summed E-state index contributed by atoms with van der Waals surface area (Å²) in [5.41, 5.74) is -1.51. The van der Waals surface area contributed by atoms with E-state index in [1.165, 1.54) is 31.4 Å². The predicted octanol–water partition coefficient (Wildman–Crippen LogP) is 3.95. The van der Waals surface area contributed by atoms with Crippen molar-refractivity contribution in [2.75, 3.05) is 7.11 Å². The van der Waals surface area contributed by atoms with Crippen LogP contribution in [0.25, 0.3) is 0 Å². The number of carbonyl (C=O) groups excluding carboxylic acids is 1. The summed E-state index contributed by atoms with van der Waals surface area (Å²) in [6.45, 7) is 0. The summed E-state index contributed by atoms with van der Waals surface area (Å²) in [5, 5.41) is 11.0. The lowest BCUT2D eigenvalue weighted by Crippen LogP contribution is -2.08. The zero-order valence-corrected chi connectivity index (χ0v) is 12.9. The number of rotatable bonds is 4. The third-order valence-electron chi connectivity index (χ3n) is 2.84. The Morgan fingerprint density at radius 3 is 2.42 bits per heavy atom. The van der Waals surface area contributed by atoms with Crippen LogP contribution in [0.2, 0.25) is 0 Å². The van der Waals surface area contributed by atoms with E-state index in [9.17, 15) is 28.1 Å². The molecule has 0 spiro atoms. The first kappa shape index (κ1) is 17.7. The van der Waals surface area contributed by atoms with Crippen LogP contribution in [0.3, 0.4) is 0 Å². The van der Waals surface area contributed by atoms with Crippen molar-refractivity contribution < 1.29 is 27.6 Å². The highest BCUT2D eigenvalue weighted by atomic mass is 32.2. The Morgan fingerprint density at radius 2 is 1.92 bits per heavy atom. The van der Waals surface area contributed by atoms with E-state index in [0.717, 1.165) is 11.8 Å². The maximum atomic E-state index is 12.7. The standard InChI is InChI=1S/C14H9F3N2O4S/c1-23-13(20)8-2-4-9(5-3-8)24-11-6-12(14(15,16)17)18-7-10(11)19(21)22/h2-7H,1H3. The van der Waals surface area contributed by atoms with E-state index in [-0.39, 0.29) is 10.5 Å². The summed E-state index contributed by atoms with van der Waals surface area (Å²) in [7, 11) is 1.21. The number of benzene rings is 1. The molecule has 0 aliphatic rings. The predicted molar refractivity (Wildman–Crippen MR) is 77.8 cm³/mol. The van der Waals surface area contributed by atoms with Crippen LogP contribution in [0.15, 0.2) is 46.3 Å². The fourth-order valence-corrected chi connectivity index (χ4v) is 2.64. The van der Waals surface area contributed by atoms with Gasteiger partial charge < -0.3 is 4.74 Å². The molecule has 2 aromatic rings. The van der Waals surface area contributed by atoms with E-state index in [4.69, 9.17) is 0 Å². The van der Waals surface area contributed by atoms with Crippen molar-refractivity contribution in [1.29, 1.82) is 0 Å². The van der Waals surface area contributed by atoms with E-state index < -0.39 is 28.5 Å². The molecule has 1 aromatic heterocycles. The molecule has 0 atom stereocenters. The van der Waals surface area contributed by atoms with Gasteiger partial charge in [0.2, 0.25) is 0 Å². The Bertz CT molecular complexity index is 779. The van der Waals surface area contributed by atoms with Gasteiger partial charge in [0, 0.05) is 4.90 Å². The minimum Gasteiger partial charge on any atom is -0.465 e. The van der Waals surface area contributed by atoms with Gasteiger partial charge in [-0.05, 0) is 30.3 Å². The number of hydrogen-bond donors (Lipinski definition) is 0. The summed E-state index contributed by atoms with van der Waals surface area (Å²) in [6.07, 6.45) is -4.13. The smallest absolute Gasteiger partial charge is 0.433 e. The Hall–Kier alpha value is -2.62. The van der Waals surface area contributed by atoms with Gasteiger partial charge in [0.15, 0.2) is 0 Å². The quantitative estimate of drug-likeness (QED) is 0.468. The first-order chi connectivity index (χ1) is 11.2. The van der Waals surface area contributed by atoms with Gasteiger partial charge in [-0.3, -0.25) is 10.1 Å². The van der Waals surface area contributed by atoms with Gasteiger partial charge in [0.05, 0.1) is 22.5 Å². The fraction of sp³-hybridized carbons (Fsp3) is 0.143. The normalized spacial score (nSPS) is 11.2. The summed E-state index contributed by atoms with van der Waals surface area (Å²) in [4.78, 5) is 24.8. The number of aromatic nitrogens is 1. The van der Waals surface area contributed by atoms with Crippen molar-refractivity contribution in [2.45, 2.75) is 16.0 Å². The maximum Gasteiger partial charge on any atom is 0.433 e. The molecule has 0 bridgehead atoms. The molecule has 2 rings (SSSR count). The monoisotopic (exact) mass is 358 g/mol. The molecular formula is C14H9F3N2O4S. The fourth-order valence-electron chi connectivity index (χ4n) is 1.71. The molecule has 0 amide bonds. The van der Waals surface area contributed by atoms with Crippen LogP contribution in [-0.2, 0) is 10.9 Å². The lowest BCUT2D eigenvalue weighted by Gasteiger charge is -2.08. The first-order valence-electron chi connectivity index (χ1n) is 6.30. The van der Waals surface area contributed by atoms with Crippen LogP contribution in [0.1, 0.15) is 16.1 Å². The minimum atomic E-state index is -4.71. The average molecular weight is 358 g/mol. The third-order valence-corrected chi connectivity index (χ3v) is 3.89. The highest BCUT2D eigenvalue weighted by molar-refractivity contribution is 7.99. The zero-order chi connectivity index (χ0) is 17.9. The molecule has 10 heteroatoms. The van der Waals surface area contributed by atoms with Gasteiger partial charge in [-0.15, -0.1) is 0 Å². The van der Waals surface area contributed by atoms with Crippen LogP contribution < -0.4 is 0 Å². The lowest BCUT2D eigenvalue weighted by molar-refractivity contribution is -0.388. The first-order valence-corrected chi connectivity index (χ1v) is 7.12.